The molecule has 2 aromatic heterocycles. The lowest BCUT2D eigenvalue weighted by Gasteiger charge is -2.27. The maximum Gasteiger partial charge on any atom is 0.165 e. The van der Waals surface area contributed by atoms with Gasteiger partial charge in [0.15, 0.2) is 17.0 Å². The number of imidazole rings is 1. The molecule has 1 saturated heterocycles. The van der Waals surface area contributed by atoms with Gasteiger partial charge in [-0.15, -0.1) is 0 Å². The minimum Gasteiger partial charge on any atom is -0.378 e. The Morgan fingerprint density at radius 3 is 2.78 bits per heavy atom. The van der Waals surface area contributed by atoms with Gasteiger partial charge in [0.25, 0.3) is 0 Å². The molecule has 0 unspecified atom stereocenters. The average Bonchev–Trinajstić information content (AvgIpc) is 2.77. The Labute approximate surface area is 106 Å². The Balaban J connectivity index is 2.11. The smallest absolute Gasteiger partial charge is 0.165 e. The van der Waals surface area contributed by atoms with Crippen LogP contribution >= 0.6 is 0 Å². The molecular weight excluding hydrogens is 230 g/mol. The third kappa shape index (κ3) is 1.73. The van der Waals surface area contributed by atoms with Gasteiger partial charge in [-0.2, -0.15) is 0 Å². The third-order valence-electron chi connectivity index (χ3n) is 3.36. The highest BCUT2D eigenvalue weighted by Crippen LogP contribution is 2.23. The summed E-state index contributed by atoms with van der Waals surface area (Å²) in [6, 6.07) is 0. The molecule has 0 aliphatic carbocycles. The summed E-state index contributed by atoms with van der Waals surface area (Å²) in [5.41, 5.74) is 1.81. The molecule has 1 aliphatic rings. The molecule has 0 atom stereocenters. The van der Waals surface area contributed by atoms with Gasteiger partial charge in [-0.05, 0) is 0 Å². The molecule has 18 heavy (non-hydrogen) atoms. The minimum atomic E-state index is 0.749. The number of aryl methyl sites for hydroxylation is 2. The van der Waals surface area contributed by atoms with Crippen LogP contribution in [0.5, 0.6) is 0 Å². The van der Waals surface area contributed by atoms with Gasteiger partial charge in [-0.1, -0.05) is 6.92 Å². The molecule has 6 nitrogen and oxygen atoms in total. The first kappa shape index (κ1) is 11.4. The summed E-state index contributed by atoms with van der Waals surface area (Å²) in [7, 11) is 2.00. The zero-order valence-electron chi connectivity index (χ0n) is 10.8. The van der Waals surface area contributed by atoms with Crippen molar-refractivity contribution in [1.82, 2.24) is 19.5 Å². The fourth-order valence-electron chi connectivity index (χ4n) is 2.36. The molecule has 0 saturated carbocycles. The first-order valence-corrected chi connectivity index (χ1v) is 6.30. The van der Waals surface area contributed by atoms with Gasteiger partial charge in [0.2, 0.25) is 0 Å². The molecule has 0 aromatic carbocycles. The van der Waals surface area contributed by atoms with Crippen molar-refractivity contribution in [1.29, 1.82) is 0 Å². The van der Waals surface area contributed by atoms with Crippen molar-refractivity contribution in [2.24, 2.45) is 7.05 Å². The van der Waals surface area contributed by atoms with E-state index in [0.717, 1.165) is 55.5 Å². The molecule has 0 spiro atoms. The molecule has 3 heterocycles. The number of nitrogens with zero attached hydrogens (tertiary/aromatic N) is 5. The van der Waals surface area contributed by atoms with Gasteiger partial charge >= 0.3 is 0 Å². The van der Waals surface area contributed by atoms with Gasteiger partial charge < -0.3 is 14.2 Å². The lowest BCUT2D eigenvalue weighted by molar-refractivity contribution is 0.122. The van der Waals surface area contributed by atoms with Gasteiger partial charge in [0.05, 0.1) is 13.2 Å². The standard InChI is InChI=1S/C12H17N5O/c1-3-9-15-10-11(16(9)2)13-8-14-12(10)17-4-6-18-7-5-17/h8H,3-7H2,1-2H3. The summed E-state index contributed by atoms with van der Waals surface area (Å²) in [5.74, 6) is 1.97. The Bertz CT molecular complexity index is 559. The zero-order valence-corrected chi connectivity index (χ0v) is 10.8. The van der Waals surface area contributed by atoms with E-state index in [1.165, 1.54) is 0 Å². The van der Waals surface area contributed by atoms with E-state index in [2.05, 4.69) is 26.8 Å². The van der Waals surface area contributed by atoms with Crippen molar-refractivity contribution in [3.63, 3.8) is 0 Å². The van der Waals surface area contributed by atoms with Crippen LogP contribution in [0.3, 0.4) is 0 Å². The highest BCUT2D eigenvalue weighted by Gasteiger charge is 2.19. The maximum atomic E-state index is 5.37. The van der Waals surface area contributed by atoms with Crippen LogP contribution in [-0.4, -0.2) is 45.8 Å². The van der Waals surface area contributed by atoms with Crippen molar-refractivity contribution in [2.75, 3.05) is 31.2 Å². The number of hydrogen-bond donors (Lipinski definition) is 0. The van der Waals surface area contributed by atoms with E-state index < -0.39 is 0 Å². The molecule has 0 bridgehead atoms. The van der Waals surface area contributed by atoms with Crippen LogP contribution in [0.4, 0.5) is 5.82 Å². The lowest BCUT2D eigenvalue weighted by atomic mass is 10.4. The molecule has 1 aliphatic heterocycles. The quantitative estimate of drug-likeness (QED) is 0.784. The lowest BCUT2D eigenvalue weighted by Crippen LogP contribution is -2.36. The fraction of sp³-hybridized carbons (Fsp3) is 0.583. The van der Waals surface area contributed by atoms with Crippen LogP contribution in [0.15, 0.2) is 6.33 Å². The van der Waals surface area contributed by atoms with E-state index in [4.69, 9.17) is 4.74 Å². The molecule has 1 fully saturated rings. The number of anilines is 1. The summed E-state index contributed by atoms with van der Waals surface area (Å²) < 4.78 is 7.42. The summed E-state index contributed by atoms with van der Waals surface area (Å²) in [4.78, 5) is 15.6. The van der Waals surface area contributed by atoms with Crippen molar-refractivity contribution in [2.45, 2.75) is 13.3 Å². The molecule has 0 amide bonds. The summed E-state index contributed by atoms with van der Waals surface area (Å²) in [5, 5.41) is 0. The molecule has 2 aromatic rings. The van der Waals surface area contributed by atoms with Crippen molar-refractivity contribution < 1.29 is 4.74 Å². The Kier molecular flexibility index (Phi) is 2.87. The van der Waals surface area contributed by atoms with Gasteiger partial charge in [0.1, 0.15) is 12.2 Å². The molecule has 3 rings (SSSR count). The summed E-state index contributed by atoms with van der Waals surface area (Å²) in [6.45, 7) is 5.33. The Morgan fingerprint density at radius 2 is 2.06 bits per heavy atom. The topological polar surface area (TPSA) is 56.1 Å². The van der Waals surface area contributed by atoms with E-state index in [1.54, 1.807) is 6.33 Å². The first-order chi connectivity index (χ1) is 8.81. The zero-order chi connectivity index (χ0) is 12.5. The maximum absolute atomic E-state index is 5.37. The van der Waals surface area contributed by atoms with Crippen molar-refractivity contribution in [3.05, 3.63) is 12.2 Å². The van der Waals surface area contributed by atoms with E-state index >= 15 is 0 Å². The van der Waals surface area contributed by atoms with Crippen LogP contribution in [0, 0.1) is 0 Å². The van der Waals surface area contributed by atoms with Gasteiger partial charge in [-0.3, -0.25) is 0 Å². The molecule has 96 valence electrons. The minimum absolute atomic E-state index is 0.749. The molecular formula is C12H17N5O. The predicted molar refractivity (Wildman–Crippen MR) is 68.7 cm³/mol. The van der Waals surface area contributed by atoms with Crippen LogP contribution in [-0.2, 0) is 18.2 Å². The van der Waals surface area contributed by atoms with Crippen LogP contribution < -0.4 is 4.90 Å². The highest BCUT2D eigenvalue weighted by molar-refractivity contribution is 5.83. The number of ether oxygens (including phenoxy) is 1. The molecule has 6 heteroatoms. The van der Waals surface area contributed by atoms with Gasteiger partial charge in [0, 0.05) is 26.6 Å². The highest BCUT2D eigenvalue weighted by atomic mass is 16.5. The number of hydrogen-bond acceptors (Lipinski definition) is 5. The third-order valence-corrected chi connectivity index (χ3v) is 3.36. The predicted octanol–water partition coefficient (Wildman–Crippen LogP) is 0.762. The number of aromatic nitrogens is 4. The first-order valence-electron chi connectivity index (χ1n) is 6.30. The Hall–Kier alpha value is -1.69. The number of morpholine rings is 1. The summed E-state index contributed by atoms with van der Waals surface area (Å²) in [6.07, 6.45) is 2.52. The van der Waals surface area contributed by atoms with Crippen molar-refractivity contribution in [3.8, 4) is 0 Å². The van der Waals surface area contributed by atoms with Gasteiger partial charge in [-0.25, -0.2) is 15.0 Å². The summed E-state index contributed by atoms with van der Waals surface area (Å²) >= 11 is 0. The monoisotopic (exact) mass is 247 g/mol. The van der Waals surface area contributed by atoms with E-state index in [-0.39, 0.29) is 0 Å². The van der Waals surface area contributed by atoms with E-state index in [1.807, 2.05) is 11.6 Å². The Morgan fingerprint density at radius 1 is 1.28 bits per heavy atom. The average molecular weight is 247 g/mol. The van der Waals surface area contributed by atoms with Crippen LogP contribution in [0.25, 0.3) is 11.2 Å². The SMILES string of the molecule is CCc1nc2c(N3CCOCC3)ncnc2n1C. The molecule has 0 radical (unpaired) electrons. The van der Waals surface area contributed by atoms with Crippen LogP contribution in [0.1, 0.15) is 12.7 Å². The second-order valence-corrected chi connectivity index (χ2v) is 4.41. The number of rotatable bonds is 2. The normalized spacial score (nSPS) is 16.4. The van der Waals surface area contributed by atoms with E-state index in [9.17, 15) is 0 Å². The van der Waals surface area contributed by atoms with Crippen molar-refractivity contribution >= 4 is 17.0 Å². The number of fused-ring (bicyclic) bond motifs is 1. The van der Waals surface area contributed by atoms with E-state index in [0.29, 0.717) is 0 Å². The molecule has 0 N–H and O–H groups in total. The second kappa shape index (κ2) is 4.53. The van der Waals surface area contributed by atoms with Crippen LogP contribution in [0.2, 0.25) is 0 Å². The second-order valence-electron chi connectivity index (χ2n) is 4.41. The fourth-order valence-corrected chi connectivity index (χ4v) is 2.36. The largest absolute Gasteiger partial charge is 0.378 e.